The van der Waals surface area contributed by atoms with Gasteiger partial charge in [-0.05, 0) is 25.1 Å². The fourth-order valence-corrected chi connectivity index (χ4v) is 2.94. The van der Waals surface area contributed by atoms with E-state index in [0.717, 1.165) is 19.9 Å². The van der Waals surface area contributed by atoms with Crippen molar-refractivity contribution in [2.45, 2.75) is 6.92 Å². The summed E-state index contributed by atoms with van der Waals surface area (Å²) < 4.78 is 0.721. The smallest absolute Gasteiger partial charge is 0.134 e. The van der Waals surface area contributed by atoms with Gasteiger partial charge in [0.05, 0.1) is 9.91 Å². The standard InChI is InChI=1S/C11H7ClN2S2/c1-7-6-15-11(14-7)8(5-13)4-9-2-3-10(12)16-9/h2-4,6H,1H3/b8-4+. The van der Waals surface area contributed by atoms with Gasteiger partial charge in [-0.15, -0.1) is 22.7 Å². The summed E-state index contributed by atoms with van der Waals surface area (Å²) in [5.41, 5.74) is 1.52. The van der Waals surface area contributed by atoms with Crippen LogP contribution in [0.1, 0.15) is 15.6 Å². The molecule has 0 spiro atoms. The van der Waals surface area contributed by atoms with E-state index in [4.69, 9.17) is 16.9 Å². The van der Waals surface area contributed by atoms with Crippen molar-refractivity contribution in [1.82, 2.24) is 4.98 Å². The van der Waals surface area contributed by atoms with Crippen molar-refractivity contribution in [3.63, 3.8) is 0 Å². The van der Waals surface area contributed by atoms with Gasteiger partial charge < -0.3 is 0 Å². The number of nitriles is 1. The predicted octanol–water partition coefficient (Wildman–Crippen LogP) is 4.23. The zero-order valence-corrected chi connectivity index (χ0v) is 10.8. The maximum absolute atomic E-state index is 9.08. The second kappa shape index (κ2) is 4.79. The number of hydrogen-bond donors (Lipinski definition) is 0. The van der Waals surface area contributed by atoms with Crippen LogP contribution < -0.4 is 0 Å². The van der Waals surface area contributed by atoms with Crippen molar-refractivity contribution in [2.24, 2.45) is 0 Å². The van der Waals surface area contributed by atoms with Crippen molar-refractivity contribution < 1.29 is 0 Å². The highest BCUT2D eigenvalue weighted by Crippen LogP contribution is 2.27. The summed E-state index contributed by atoms with van der Waals surface area (Å²) in [5, 5.41) is 11.8. The Kier molecular flexibility index (Phi) is 3.39. The molecule has 0 saturated heterocycles. The Labute approximate surface area is 106 Å². The molecule has 2 aromatic heterocycles. The lowest BCUT2D eigenvalue weighted by Gasteiger charge is -1.90. The first-order chi connectivity index (χ1) is 7.69. The molecule has 0 atom stereocenters. The molecule has 2 rings (SSSR count). The van der Waals surface area contributed by atoms with E-state index in [-0.39, 0.29) is 0 Å². The molecule has 0 radical (unpaired) electrons. The van der Waals surface area contributed by atoms with E-state index in [0.29, 0.717) is 5.57 Å². The van der Waals surface area contributed by atoms with E-state index in [1.807, 2.05) is 30.5 Å². The van der Waals surface area contributed by atoms with Gasteiger partial charge in [0, 0.05) is 16.0 Å². The summed E-state index contributed by atoms with van der Waals surface area (Å²) in [7, 11) is 0. The molecular weight excluding hydrogens is 260 g/mol. The van der Waals surface area contributed by atoms with Gasteiger partial charge in [-0.3, -0.25) is 0 Å². The molecule has 2 heterocycles. The number of nitrogens with zero attached hydrogens (tertiary/aromatic N) is 2. The van der Waals surface area contributed by atoms with Gasteiger partial charge in [-0.1, -0.05) is 11.6 Å². The Morgan fingerprint density at radius 3 is 2.88 bits per heavy atom. The van der Waals surface area contributed by atoms with E-state index >= 15 is 0 Å². The lowest BCUT2D eigenvalue weighted by Crippen LogP contribution is -1.79. The SMILES string of the molecule is Cc1csc(/C(C#N)=C/c2ccc(Cl)s2)n1. The molecule has 0 unspecified atom stereocenters. The maximum atomic E-state index is 9.08. The van der Waals surface area contributed by atoms with Crippen molar-refractivity contribution in [2.75, 3.05) is 0 Å². The molecule has 2 aromatic rings. The Bertz CT molecular complexity index is 575. The second-order valence-corrected chi connectivity index (χ2v) is 5.71. The molecule has 0 bridgehead atoms. The molecule has 80 valence electrons. The van der Waals surface area contributed by atoms with Gasteiger partial charge in [0.25, 0.3) is 0 Å². The molecule has 0 aromatic carbocycles. The van der Waals surface area contributed by atoms with Crippen LogP contribution in [0.3, 0.4) is 0 Å². The summed E-state index contributed by atoms with van der Waals surface area (Å²) in [5.74, 6) is 0. The Morgan fingerprint density at radius 2 is 2.38 bits per heavy atom. The number of hydrogen-bond acceptors (Lipinski definition) is 4. The predicted molar refractivity (Wildman–Crippen MR) is 69.7 cm³/mol. The average Bonchev–Trinajstić information content (AvgIpc) is 2.84. The number of thiophene rings is 1. The van der Waals surface area contributed by atoms with E-state index < -0.39 is 0 Å². The van der Waals surface area contributed by atoms with Crippen molar-refractivity contribution in [1.29, 1.82) is 5.26 Å². The molecule has 0 aliphatic carbocycles. The number of rotatable bonds is 2. The maximum Gasteiger partial charge on any atom is 0.134 e. The first-order valence-electron chi connectivity index (χ1n) is 4.48. The summed E-state index contributed by atoms with van der Waals surface area (Å²) >= 11 is 8.76. The van der Waals surface area contributed by atoms with Gasteiger partial charge >= 0.3 is 0 Å². The van der Waals surface area contributed by atoms with E-state index in [9.17, 15) is 0 Å². The van der Waals surface area contributed by atoms with Crippen LogP contribution in [0.2, 0.25) is 4.34 Å². The normalized spacial score (nSPS) is 11.4. The average molecular weight is 267 g/mol. The first-order valence-corrected chi connectivity index (χ1v) is 6.56. The Balaban J connectivity index is 2.37. The highest BCUT2D eigenvalue weighted by Gasteiger charge is 2.06. The molecule has 0 fully saturated rings. The van der Waals surface area contributed by atoms with Crippen LogP contribution in [-0.2, 0) is 0 Å². The van der Waals surface area contributed by atoms with E-state index in [2.05, 4.69) is 11.1 Å². The van der Waals surface area contributed by atoms with Gasteiger partial charge in [-0.25, -0.2) is 4.98 Å². The van der Waals surface area contributed by atoms with Crippen LogP contribution in [-0.4, -0.2) is 4.98 Å². The second-order valence-electron chi connectivity index (χ2n) is 3.11. The topological polar surface area (TPSA) is 36.7 Å². The summed E-state index contributed by atoms with van der Waals surface area (Å²) in [6.07, 6.45) is 1.81. The fourth-order valence-electron chi connectivity index (χ4n) is 1.17. The van der Waals surface area contributed by atoms with Crippen LogP contribution in [0.5, 0.6) is 0 Å². The summed E-state index contributed by atoms with van der Waals surface area (Å²) in [4.78, 5) is 5.25. The fraction of sp³-hybridized carbons (Fsp3) is 0.0909. The number of aromatic nitrogens is 1. The van der Waals surface area contributed by atoms with Crippen molar-refractivity contribution in [3.05, 3.63) is 37.4 Å². The Hall–Kier alpha value is -1.15. The first kappa shape index (κ1) is 11.3. The number of thiazole rings is 1. The third-order valence-electron chi connectivity index (χ3n) is 1.85. The molecule has 0 amide bonds. The Morgan fingerprint density at radius 1 is 1.56 bits per heavy atom. The van der Waals surface area contributed by atoms with Crippen molar-refractivity contribution >= 4 is 45.9 Å². The monoisotopic (exact) mass is 266 g/mol. The molecule has 2 nitrogen and oxygen atoms in total. The van der Waals surface area contributed by atoms with Crippen LogP contribution in [0.25, 0.3) is 11.6 Å². The third-order valence-corrected chi connectivity index (χ3v) is 4.02. The van der Waals surface area contributed by atoms with E-state index in [1.54, 1.807) is 0 Å². The van der Waals surface area contributed by atoms with Gasteiger partial charge in [0.1, 0.15) is 11.1 Å². The summed E-state index contributed by atoms with van der Waals surface area (Å²) in [6.45, 7) is 1.91. The van der Waals surface area contributed by atoms with Crippen LogP contribution >= 0.6 is 34.3 Å². The molecule has 0 aliphatic heterocycles. The number of halogens is 1. The molecule has 0 saturated carbocycles. The van der Waals surface area contributed by atoms with Crippen molar-refractivity contribution in [3.8, 4) is 6.07 Å². The number of allylic oxidation sites excluding steroid dienone is 1. The molecular formula is C11H7ClN2S2. The highest BCUT2D eigenvalue weighted by atomic mass is 35.5. The van der Waals surface area contributed by atoms with Crippen LogP contribution in [0.15, 0.2) is 17.5 Å². The lowest BCUT2D eigenvalue weighted by atomic mass is 10.2. The molecule has 16 heavy (non-hydrogen) atoms. The zero-order chi connectivity index (χ0) is 11.5. The minimum Gasteiger partial charge on any atom is -0.241 e. The van der Waals surface area contributed by atoms with Gasteiger partial charge in [-0.2, -0.15) is 5.26 Å². The molecule has 5 heteroatoms. The number of aryl methyl sites for hydroxylation is 1. The minimum absolute atomic E-state index is 0.580. The molecule has 0 N–H and O–H groups in total. The van der Waals surface area contributed by atoms with Crippen LogP contribution in [0, 0.1) is 18.3 Å². The largest absolute Gasteiger partial charge is 0.241 e. The highest BCUT2D eigenvalue weighted by molar-refractivity contribution is 7.17. The molecule has 0 aliphatic rings. The van der Waals surface area contributed by atoms with Crippen LogP contribution in [0.4, 0.5) is 0 Å². The van der Waals surface area contributed by atoms with Gasteiger partial charge in [0.15, 0.2) is 0 Å². The zero-order valence-electron chi connectivity index (χ0n) is 8.40. The lowest BCUT2D eigenvalue weighted by molar-refractivity contribution is 1.25. The quantitative estimate of drug-likeness (QED) is 0.763. The summed E-state index contributed by atoms with van der Waals surface area (Å²) in [6, 6.07) is 5.88. The van der Waals surface area contributed by atoms with E-state index in [1.165, 1.54) is 22.7 Å². The minimum atomic E-state index is 0.580. The van der Waals surface area contributed by atoms with Gasteiger partial charge in [0.2, 0.25) is 0 Å². The third kappa shape index (κ3) is 2.50.